The van der Waals surface area contributed by atoms with Crippen LogP contribution in [0.5, 0.6) is 5.75 Å². The summed E-state index contributed by atoms with van der Waals surface area (Å²) < 4.78 is 7.44. The van der Waals surface area contributed by atoms with Crippen LogP contribution < -0.4 is 10.2 Å². The zero-order valence-corrected chi connectivity index (χ0v) is 16.8. The van der Waals surface area contributed by atoms with Crippen LogP contribution in [0.15, 0.2) is 53.5 Å². The van der Waals surface area contributed by atoms with Crippen molar-refractivity contribution >= 4 is 12.6 Å². The molecule has 1 aromatic carbocycles. The molecule has 0 saturated carbocycles. The summed E-state index contributed by atoms with van der Waals surface area (Å²) in [4.78, 5) is 38.5. The average molecular weight is 394 g/mol. The van der Waals surface area contributed by atoms with Gasteiger partial charge in [-0.2, -0.15) is 0 Å². The quantitative estimate of drug-likeness (QED) is 0.556. The third-order valence-electron chi connectivity index (χ3n) is 5.63. The topological polar surface area (TPSA) is 68.6 Å². The Bertz CT molecular complexity index is 965. The van der Waals surface area contributed by atoms with Crippen LogP contribution in [0.2, 0.25) is 0 Å². The van der Waals surface area contributed by atoms with Crippen LogP contribution in [0.25, 0.3) is 0 Å². The first-order valence-electron chi connectivity index (χ1n) is 9.70. The van der Waals surface area contributed by atoms with Gasteiger partial charge in [0, 0.05) is 18.8 Å². The largest absolute Gasteiger partial charge is 0.483 e. The molecule has 1 aliphatic heterocycles. The molecule has 0 spiro atoms. The number of carbonyl (C=O) groups is 2. The molecule has 6 heteroatoms. The van der Waals surface area contributed by atoms with E-state index in [1.54, 1.807) is 4.57 Å². The monoisotopic (exact) mass is 394 g/mol. The van der Waals surface area contributed by atoms with Gasteiger partial charge >= 0.3 is 0 Å². The molecule has 0 aliphatic carbocycles. The predicted octanol–water partition coefficient (Wildman–Crippen LogP) is 3.26. The number of hydrogen-bond acceptors (Lipinski definition) is 5. The third-order valence-corrected chi connectivity index (χ3v) is 5.63. The molecule has 0 radical (unpaired) electrons. The summed E-state index contributed by atoms with van der Waals surface area (Å²) in [5.41, 5.74) is 1.34. The van der Waals surface area contributed by atoms with E-state index in [-0.39, 0.29) is 29.7 Å². The lowest BCUT2D eigenvalue weighted by Crippen LogP contribution is -2.34. The Balaban J connectivity index is 2.07. The van der Waals surface area contributed by atoms with Crippen molar-refractivity contribution in [2.24, 2.45) is 0 Å². The van der Waals surface area contributed by atoms with Crippen molar-refractivity contribution in [3.05, 3.63) is 75.7 Å². The molecule has 1 fully saturated rings. The summed E-state index contributed by atoms with van der Waals surface area (Å²) in [7, 11) is 2.02. The summed E-state index contributed by atoms with van der Waals surface area (Å²) in [6, 6.07) is 9.49. The molecule has 6 nitrogen and oxygen atoms in total. The van der Waals surface area contributed by atoms with Gasteiger partial charge in [-0.25, -0.2) is 0 Å². The number of aldehydes is 2. The van der Waals surface area contributed by atoms with Crippen molar-refractivity contribution < 1.29 is 14.3 Å². The Kier molecular flexibility index (Phi) is 6.44. The molecule has 0 bridgehead atoms. The van der Waals surface area contributed by atoms with Crippen molar-refractivity contribution in [3.63, 3.8) is 0 Å². The first-order chi connectivity index (χ1) is 14.0. The molecule has 2 unspecified atom stereocenters. The fourth-order valence-electron chi connectivity index (χ4n) is 3.62. The summed E-state index contributed by atoms with van der Waals surface area (Å²) >= 11 is 0. The van der Waals surface area contributed by atoms with Crippen LogP contribution in [0.3, 0.4) is 0 Å². The van der Waals surface area contributed by atoms with Gasteiger partial charge in [-0.15, -0.1) is 0 Å². The predicted molar refractivity (Wildman–Crippen MR) is 112 cm³/mol. The molecule has 29 heavy (non-hydrogen) atoms. The van der Waals surface area contributed by atoms with E-state index in [4.69, 9.17) is 4.74 Å². The van der Waals surface area contributed by atoms with Crippen molar-refractivity contribution in [2.45, 2.75) is 38.5 Å². The average Bonchev–Trinajstić information content (AvgIpc) is 2.86. The molecule has 152 valence electrons. The highest BCUT2D eigenvalue weighted by atomic mass is 16.5. The van der Waals surface area contributed by atoms with E-state index < -0.39 is 5.43 Å². The van der Waals surface area contributed by atoms with Crippen molar-refractivity contribution in [2.75, 3.05) is 13.6 Å². The summed E-state index contributed by atoms with van der Waals surface area (Å²) in [5, 5.41) is 0. The second kappa shape index (κ2) is 9.01. The number of aromatic nitrogens is 1. The van der Waals surface area contributed by atoms with Crippen molar-refractivity contribution in [3.8, 4) is 5.75 Å². The highest BCUT2D eigenvalue weighted by Gasteiger charge is 2.28. The Morgan fingerprint density at radius 1 is 1.21 bits per heavy atom. The molecular weight excluding hydrogens is 368 g/mol. The molecule has 0 amide bonds. The number of likely N-dealkylation sites (N-methyl/N-ethyl adjacent to an activating group) is 1. The molecule has 1 aliphatic rings. The Hall–Kier alpha value is -2.99. The second-order valence-corrected chi connectivity index (χ2v) is 7.55. The lowest BCUT2D eigenvalue weighted by molar-refractivity contribution is 0.109. The van der Waals surface area contributed by atoms with E-state index in [1.165, 1.54) is 6.20 Å². The van der Waals surface area contributed by atoms with Crippen molar-refractivity contribution in [1.29, 1.82) is 0 Å². The Morgan fingerprint density at radius 3 is 2.59 bits per heavy atom. The summed E-state index contributed by atoms with van der Waals surface area (Å²) in [6.45, 7) is 7.10. The van der Waals surface area contributed by atoms with E-state index in [2.05, 4.69) is 18.4 Å². The van der Waals surface area contributed by atoms with Gasteiger partial charge in [-0.1, -0.05) is 42.5 Å². The number of hydrogen-bond donors (Lipinski definition) is 0. The maximum atomic E-state index is 12.7. The third kappa shape index (κ3) is 4.38. The fraction of sp³-hybridized carbons (Fsp3) is 0.348. The van der Waals surface area contributed by atoms with Gasteiger partial charge in [0.05, 0.1) is 11.6 Å². The van der Waals surface area contributed by atoms with Gasteiger partial charge in [0.1, 0.15) is 12.3 Å². The fourth-order valence-corrected chi connectivity index (χ4v) is 3.62. The van der Waals surface area contributed by atoms with Gasteiger partial charge in [-0.3, -0.25) is 14.4 Å². The number of rotatable bonds is 6. The minimum atomic E-state index is -0.574. The summed E-state index contributed by atoms with van der Waals surface area (Å²) in [6.07, 6.45) is 4.35. The first kappa shape index (κ1) is 20.7. The standard InChI is InChI=1S/C23H26N2O4/c1-16-9-10-17(2)24(3)12-20(16)25-11-19(13-26)22(28)23(21(25)14-27)29-15-18-7-5-4-6-8-18/h4-8,11,13-14,17,20H,1,9-10,12,15H2,2-3H3. The zero-order valence-electron chi connectivity index (χ0n) is 16.8. The molecule has 2 atom stereocenters. The van der Waals surface area contributed by atoms with E-state index in [0.29, 0.717) is 25.2 Å². The van der Waals surface area contributed by atoms with Crippen LogP contribution in [0.1, 0.15) is 52.2 Å². The van der Waals surface area contributed by atoms with Crippen LogP contribution in [0.4, 0.5) is 0 Å². The van der Waals surface area contributed by atoms with Gasteiger partial charge in [0.15, 0.2) is 18.3 Å². The second-order valence-electron chi connectivity index (χ2n) is 7.55. The number of pyridine rings is 1. The molecule has 3 rings (SSSR count). The molecule has 1 aromatic heterocycles. The number of carbonyl (C=O) groups excluding carboxylic acids is 2. The molecule has 1 saturated heterocycles. The Labute approximate surface area is 170 Å². The van der Waals surface area contributed by atoms with Gasteiger partial charge in [0.25, 0.3) is 0 Å². The van der Waals surface area contributed by atoms with Gasteiger partial charge in [-0.05, 0) is 32.4 Å². The van der Waals surface area contributed by atoms with E-state index in [0.717, 1.165) is 24.0 Å². The van der Waals surface area contributed by atoms with Crippen LogP contribution in [0, 0.1) is 0 Å². The normalized spacial score (nSPS) is 20.1. The number of nitrogens with zero attached hydrogens (tertiary/aromatic N) is 2. The van der Waals surface area contributed by atoms with Gasteiger partial charge in [0.2, 0.25) is 5.43 Å². The Morgan fingerprint density at radius 2 is 1.93 bits per heavy atom. The molecule has 2 aromatic rings. The zero-order chi connectivity index (χ0) is 21.0. The molecule has 0 N–H and O–H groups in total. The molecule has 2 heterocycles. The number of likely N-dealkylation sites (tertiary alicyclic amines) is 1. The number of ether oxygens (including phenoxy) is 1. The SMILES string of the molecule is C=C1CCC(C)N(C)CC1n1cc(C=O)c(=O)c(OCc2ccccc2)c1C=O. The van der Waals surface area contributed by atoms with Crippen LogP contribution in [-0.4, -0.2) is 41.7 Å². The highest BCUT2D eigenvalue weighted by molar-refractivity contribution is 5.81. The maximum Gasteiger partial charge on any atom is 0.234 e. The van der Waals surface area contributed by atoms with E-state index in [9.17, 15) is 14.4 Å². The maximum absolute atomic E-state index is 12.7. The minimum absolute atomic E-state index is 0.0357. The lowest BCUT2D eigenvalue weighted by atomic mass is 10.0. The van der Waals surface area contributed by atoms with E-state index >= 15 is 0 Å². The first-order valence-corrected chi connectivity index (χ1v) is 9.70. The van der Waals surface area contributed by atoms with Crippen molar-refractivity contribution in [1.82, 2.24) is 9.47 Å². The van der Waals surface area contributed by atoms with E-state index in [1.807, 2.05) is 37.4 Å². The van der Waals surface area contributed by atoms with Crippen LogP contribution >= 0.6 is 0 Å². The van der Waals surface area contributed by atoms with Crippen LogP contribution in [-0.2, 0) is 6.61 Å². The van der Waals surface area contributed by atoms with Gasteiger partial charge < -0.3 is 14.2 Å². The highest BCUT2D eigenvalue weighted by Crippen LogP contribution is 2.30. The lowest BCUT2D eigenvalue weighted by Gasteiger charge is -2.28. The minimum Gasteiger partial charge on any atom is -0.483 e. The smallest absolute Gasteiger partial charge is 0.234 e. The molecular formula is C23H26N2O4. The summed E-state index contributed by atoms with van der Waals surface area (Å²) in [5.74, 6) is -0.0961. The number of benzene rings is 1.